The number of anilines is 1. The lowest BCUT2D eigenvalue weighted by atomic mass is 10.2. The molecule has 1 aliphatic heterocycles. The number of aliphatic imine (C=N–C) groups is 1. The molecule has 1 unspecified atom stereocenters. The summed E-state index contributed by atoms with van der Waals surface area (Å²) in [5.74, 6) is -0.120. The van der Waals surface area contributed by atoms with Gasteiger partial charge < -0.3 is 5.32 Å². The standard InChI is InChI=1S/C11H10Cl2N2OS/c1-6-3-2-4-7(12)9(6)15-10(16)8-5-14-11(13)17-8/h2-4,8H,5H2,1H3,(H,15,16). The van der Waals surface area contributed by atoms with E-state index in [2.05, 4.69) is 10.3 Å². The van der Waals surface area contributed by atoms with Crippen LogP contribution in [0.3, 0.4) is 0 Å². The maximum absolute atomic E-state index is 11.9. The Hall–Kier alpha value is -0.710. The first-order valence-electron chi connectivity index (χ1n) is 5.00. The van der Waals surface area contributed by atoms with Gasteiger partial charge in [0.25, 0.3) is 0 Å². The number of benzene rings is 1. The number of hydrogen-bond acceptors (Lipinski definition) is 3. The summed E-state index contributed by atoms with van der Waals surface area (Å²) in [5.41, 5.74) is 1.59. The van der Waals surface area contributed by atoms with Crippen LogP contribution in [0.2, 0.25) is 5.02 Å². The Labute approximate surface area is 114 Å². The molecule has 90 valence electrons. The molecule has 1 aromatic rings. The number of carbonyl (C=O) groups excluding carboxylic acids is 1. The molecule has 3 nitrogen and oxygen atoms in total. The number of nitrogens with zero attached hydrogens (tertiary/aromatic N) is 1. The van der Waals surface area contributed by atoms with Crippen molar-refractivity contribution in [2.24, 2.45) is 4.99 Å². The molecule has 1 heterocycles. The SMILES string of the molecule is Cc1cccc(Cl)c1NC(=O)C1CN=C(Cl)S1. The summed E-state index contributed by atoms with van der Waals surface area (Å²) in [6, 6.07) is 5.49. The topological polar surface area (TPSA) is 41.5 Å². The molecule has 6 heteroatoms. The summed E-state index contributed by atoms with van der Waals surface area (Å²) >= 11 is 13.0. The summed E-state index contributed by atoms with van der Waals surface area (Å²) in [4.78, 5) is 15.9. The molecule has 0 aromatic heterocycles. The van der Waals surface area contributed by atoms with Crippen molar-refractivity contribution >= 4 is 51.1 Å². The van der Waals surface area contributed by atoms with Crippen LogP contribution in [0.1, 0.15) is 5.56 Å². The lowest BCUT2D eigenvalue weighted by molar-refractivity contribution is -0.115. The number of aryl methyl sites for hydroxylation is 1. The zero-order chi connectivity index (χ0) is 12.4. The van der Waals surface area contributed by atoms with E-state index < -0.39 is 0 Å². The van der Waals surface area contributed by atoms with E-state index in [1.807, 2.05) is 19.1 Å². The summed E-state index contributed by atoms with van der Waals surface area (Å²) in [5, 5.41) is 3.09. The van der Waals surface area contributed by atoms with E-state index in [0.717, 1.165) is 5.56 Å². The van der Waals surface area contributed by atoms with E-state index in [-0.39, 0.29) is 11.2 Å². The van der Waals surface area contributed by atoms with Gasteiger partial charge in [0, 0.05) is 0 Å². The Kier molecular flexibility index (Phi) is 3.97. The van der Waals surface area contributed by atoms with Gasteiger partial charge in [-0.1, -0.05) is 47.1 Å². The largest absolute Gasteiger partial charge is 0.324 e. The van der Waals surface area contributed by atoms with Gasteiger partial charge in [-0.25, -0.2) is 0 Å². The van der Waals surface area contributed by atoms with Crippen molar-refractivity contribution in [3.8, 4) is 0 Å². The first-order valence-corrected chi connectivity index (χ1v) is 6.64. The predicted molar refractivity (Wildman–Crippen MR) is 74.4 cm³/mol. The van der Waals surface area contributed by atoms with Crippen LogP contribution in [0.25, 0.3) is 0 Å². The summed E-state index contributed by atoms with van der Waals surface area (Å²) < 4.78 is 0.432. The highest BCUT2D eigenvalue weighted by atomic mass is 35.5. The minimum atomic E-state index is -0.266. The number of carbonyl (C=O) groups is 1. The molecule has 0 saturated heterocycles. The molecule has 1 N–H and O–H groups in total. The number of amides is 1. The van der Waals surface area contributed by atoms with E-state index in [1.54, 1.807) is 6.07 Å². The lowest BCUT2D eigenvalue weighted by Gasteiger charge is -2.12. The molecule has 0 fully saturated rings. The Bertz CT molecular complexity index is 470. The molecule has 1 aromatic carbocycles. The second-order valence-corrected chi connectivity index (χ2v) is 5.80. The summed E-state index contributed by atoms with van der Waals surface area (Å²) in [7, 11) is 0. The summed E-state index contributed by atoms with van der Waals surface area (Å²) in [6.45, 7) is 2.31. The van der Waals surface area contributed by atoms with Gasteiger partial charge in [-0.2, -0.15) is 0 Å². The Morgan fingerprint density at radius 2 is 2.29 bits per heavy atom. The van der Waals surface area contributed by atoms with Crippen LogP contribution < -0.4 is 5.32 Å². The Balaban J connectivity index is 2.09. The van der Waals surface area contributed by atoms with E-state index in [4.69, 9.17) is 23.2 Å². The van der Waals surface area contributed by atoms with E-state index in [9.17, 15) is 4.79 Å². The Morgan fingerprint density at radius 3 is 2.88 bits per heavy atom. The molecule has 0 bridgehead atoms. The van der Waals surface area contributed by atoms with Crippen LogP contribution in [0, 0.1) is 6.92 Å². The third-order valence-corrected chi connectivity index (χ3v) is 4.06. The fourth-order valence-corrected chi connectivity index (χ4v) is 2.84. The van der Waals surface area contributed by atoms with Crippen molar-refractivity contribution in [1.82, 2.24) is 0 Å². The fourth-order valence-electron chi connectivity index (χ4n) is 1.48. The molecule has 0 radical (unpaired) electrons. The van der Waals surface area contributed by atoms with Crippen molar-refractivity contribution < 1.29 is 4.79 Å². The number of hydrogen-bond donors (Lipinski definition) is 1. The second kappa shape index (κ2) is 5.29. The van der Waals surface area contributed by atoms with E-state index >= 15 is 0 Å². The first kappa shape index (κ1) is 12.7. The average molecular weight is 289 g/mol. The van der Waals surface area contributed by atoms with E-state index in [0.29, 0.717) is 21.8 Å². The molecule has 1 aliphatic rings. The molecule has 0 spiro atoms. The van der Waals surface area contributed by atoms with Gasteiger partial charge in [0.1, 0.15) is 5.25 Å². The van der Waals surface area contributed by atoms with Crippen LogP contribution in [-0.2, 0) is 4.79 Å². The highest BCUT2D eigenvalue weighted by Gasteiger charge is 2.26. The minimum Gasteiger partial charge on any atom is -0.324 e. The maximum Gasteiger partial charge on any atom is 0.239 e. The van der Waals surface area contributed by atoms with Crippen molar-refractivity contribution in [1.29, 1.82) is 0 Å². The smallest absolute Gasteiger partial charge is 0.239 e. The first-order chi connectivity index (χ1) is 8.08. The fraction of sp³-hybridized carbons (Fsp3) is 0.273. The highest BCUT2D eigenvalue weighted by Crippen LogP contribution is 2.28. The van der Waals surface area contributed by atoms with Crippen molar-refractivity contribution in [2.45, 2.75) is 12.2 Å². The van der Waals surface area contributed by atoms with Gasteiger partial charge in [-0.15, -0.1) is 0 Å². The van der Waals surface area contributed by atoms with Crippen molar-refractivity contribution in [3.63, 3.8) is 0 Å². The van der Waals surface area contributed by atoms with Crippen LogP contribution >= 0.6 is 35.0 Å². The average Bonchev–Trinajstić information content (AvgIpc) is 2.70. The van der Waals surface area contributed by atoms with Crippen molar-refractivity contribution in [2.75, 3.05) is 11.9 Å². The molecule has 1 amide bonds. The maximum atomic E-state index is 11.9. The van der Waals surface area contributed by atoms with Gasteiger partial charge in [0.05, 0.1) is 17.3 Å². The van der Waals surface area contributed by atoms with Crippen LogP contribution in [0.15, 0.2) is 23.2 Å². The number of halogens is 2. The molecular weight excluding hydrogens is 279 g/mol. The van der Waals surface area contributed by atoms with Crippen LogP contribution in [-0.4, -0.2) is 22.2 Å². The predicted octanol–water partition coefficient (Wildman–Crippen LogP) is 3.30. The molecule has 2 rings (SSSR count). The van der Waals surface area contributed by atoms with Crippen LogP contribution in [0.4, 0.5) is 5.69 Å². The molecule has 1 atom stereocenters. The number of para-hydroxylation sites is 1. The molecule has 0 aliphatic carbocycles. The monoisotopic (exact) mass is 288 g/mol. The van der Waals surface area contributed by atoms with Gasteiger partial charge in [0.15, 0.2) is 4.50 Å². The molecule has 17 heavy (non-hydrogen) atoms. The highest BCUT2D eigenvalue weighted by molar-refractivity contribution is 8.18. The third kappa shape index (κ3) is 2.94. The minimum absolute atomic E-state index is 0.120. The molecular formula is C11H10Cl2N2OS. The van der Waals surface area contributed by atoms with Gasteiger partial charge in [-0.05, 0) is 18.6 Å². The van der Waals surface area contributed by atoms with Gasteiger partial charge >= 0.3 is 0 Å². The zero-order valence-electron chi connectivity index (χ0n) is 9.04. The molecule has 0 saturated carbocycles. The third-order valence-electron chi connectivity index (χ3n) is 2.38. The van der Waals surface area contributed by atoms with E-state index in [1.165, 1.54) is 11.8 Å². The second-order valence-electron chi connectivity index (χ2n) is 3.62. The normalized spacial score (nSPS) is 19.0. The Morgan fingerprint density at radius 1 is 1.53 bits per heavy atom. The zero-order valence-corrected chi connectivity index (χ0v) is 11.4. The number of rotatable bonds is 2. The van der Waals surface area contributed by atoms with Crippen LogP contribution in [0.5, 0.6) is 0 Å². The number of nitrogens with one attached hydrogen (secondary N) is 1. The lowest BCUT2D eigenvalue weighted by Crippen LogP contribution is -2.26. The van der Waals surface area contributed by atoms with Gasteiger partial charge in [0.2, 0.25) is 5.91 Å². The number of thioether (sulfide) groups is 1. The quantitative estimate of drug-likeness (QED) is 0.907. The van der Waals surface area contributed by atoms with Crippen molar-refractivity contribution in [3.05, 3.63) is 28.8 Å². The van der Waals surface area contributed by atoms with Gasteiger partial charge in [-0.3, -0.25) is 9.79 Å². The summed E-state index contributed by atoms with van der Waals surface area (Å²) in [6.07, 6.45) is 0.